The van der Waals surface area contributed by atoms with E-state index in [1.54, 1.807) is 12.1 Å². The van der Waals surface area contributed by atoms with Gasteiger partial charge in [0.15, 0.2) is 5.82 Å². The smallest absolute Gasteiger partial charge is 0.257 e. The van der Waals surface area contributed by atoms with Crippen molar-refractivity contribution >= 4 is 29.0 Å². The number of carbonyl (C=O) groups excluding carboxylic acids is 1. The number of aromatic nitrogens is 2. The first-order valence-electron chi connectivity index (χ1n) is 10.1. The SMILES string of the molecule is O=C(Nc1ccc(-c2ccc(N3CCCCCC3)nn2)cc1)c1ccc(F)cc1Cl. The van der Waals surface area contributed by atoms with Crippen molar-refractivity contribution in [1.82, 2.24) is 10.2 Å². The first kappa shape index (κ1) is 20.3. The van der Waals surface area contributed by atoms with Gasteiger partial charge < -0.3 is 10.2 Å². The Morgan fingerprint density at radius 2 is 1.67 bits per heavy atom. The van der Waals surface area contributed by atoms with Crippen LogP contribution in [0.4, 0.5) is 15.9 Å². The third-order valence-electron chi connectivity index (χ3n) is 5.19. The van der Waals surface area contributed by atoms with Gasteiger partial charge in [0.05, 0.1) is 16.3 Å². The molecule has 0 spiro atoms. The van der Waals surface area contributed by atoms with Crippen LogP contribution in [0, 0.1) is 5.82 Å². The van der Waals surface area contributed by atoms with Gasteiger partial charge in [0.1, 0.15) is 5.82 Å². The molecule has 0 unspecified atom stereocenters. The molecule has 1 aliphatic rings. The summed E-state index contributed by atoms with van der Waals surface area (Å²) in [6, 6.07) is 15.0. The maximum atomic E-state index is 13.2. The summed E-state index contributed by atoms with van der Waals surface area (Å²) in [6.45, 7) is 2.06. The normalized spacial score (nSPS) is 14.3. The van der Waals surface area contributed by atoms with Crippen LogP contribution in [0.15, 0.2) is 54.6 Å². The Morgan fingerprint density at radius 1 is 0.933 bits per heavy atom. The summed E-state index contributed by atoms with van der Waals surface area (Å²) in [7, 11) is 0. The Hall–Kier alpha value is -2.99. The lowest BCUT2D eigenvalue weighted by Crippen LogP contribution is -2.25. The van der Waals surface area contributed by atoms with Crippen LogP contribution in [0.25, 0.3) is 11.3 Å². The van der Waals surface area contributed by atoms with E-state index in [0.717, 1.165) is 36.2 Å². The van der Waals surface area contributed by atoms with Crippen molar-refractivity contribution in [3.63, 3.8) is 0 Å². The van der Waals surface area contributed by atoms with Crippen molar-refractivity contribution in [2.75, 3.05) is 23.3 Å². The van der Waals surface area contributed by atoms with Crippen molar-refractivity contribution in [2.45, 2.75) is 25.7 Å². The number of halogens is 2. The molecule has 2 aromatic carbocycles. The fourth-order valence-electron chi connectivity index (χ4n) is 3.54. The van der Waals surface area contributed by atoms with E-state index in [1.165, 1.54) is 37.8 Å². The van der Waals surface area contributed by atoms with Gasteiger partial charge in [-0.05, 0) is 55.3 Å². The number of hydrogen-bond acceptors (Lipinski definition) is 4. The predicted octanol–water partition coefficient (Wildman–Crippen LogP) is 5.57. The van der Waals surface area contributed by atoms with E-state index < -0.39 is 11.7 Å². The fraction of sp³-hybridized carbons (Fsp3) is 0.261. The van der Waals surface area contributed by atoms with Gasteiger partial charge in [0, 0.05) is 24.3 Å². The van der Waals surface area contributed by atoms with Gasteiger partial charge in [-0.2, -0.15) is 0 Å². The number of hydrogen-bond donors (Lipinski definition) is 1. The van der Waals surface area contributed by atoms with E-state index in [4.69, 9.17) is 11.6 Å². The van der Waals surface area contributed by atoms with Crippen molar-refractivity contribution in [3.8, 4) is 11.3 Å². The topological polar surface area (TPSA) is 58.1 Å². The van der Waals surface area contributed by atoms with Crippen molar-refractivity contribution in [1.29, 1.82) is 0 Å². The average Bonchev–Trinajstić information content (AvgIpc) is 3.04. The zero-order valence-corrected chi connectivity index (χ0v) is 17.2. The maximum Gasteiger partial charge on any atom is 0.257 e. The highest BCUT2D eigenvalue weighted by Gasteiger charge is 2.13. The molecule has 4 rings (SSSR count). The molecule has 7 heteroatoms. The van der Waals surface area contributed by atoms with Crippen LogP contribution in [0.1, 0.15) is 36.0 Å². The number of rotatable bonds is 4. The largest absolute Gasteiger partial charge is 0.355 e. The number of nitrogens with one attached hydrogen (secondary N) is 1. The molecule has 1 aromatic heterocycles. The zero-order chi connectivity index (χ0) is 20.9. The number of carbonyl (C=O) groups is 1. The molecule has 1 aliphatic heterocycles. The zero-order valence-electron chi connectivity index (χ0n) is 16.4. The van der Waals surface area contributed by atoms with E-state index in [-0.39, 0.29) is 10.6 Å². The monoisotopic (exact) mass is 424 g/mol. The highest BCUT2D eigenvalue weighted by atomic mass is 35.5. The number of amides is 1. The second-order valence-corrected chi connectivity index (χ2v) is 7.74. The maximum absolute atomic E-state index is 13.2. The molecule has 5 nitrogen and oxygen atoms in total. The minimum Gasteiger partial charge on any atom is -0.355 e. The van der Waals surface area contributed by atoms with E-state index >= 15 is 0 Å². The summed E-state index contributed by atoms with van der Waals surface area (Å²) in [5.41, 5.74) is 2.51. The van der Waals surface area contributed by atoms with Crippen LogP contribution < -0.4 is 10.2 Å². The highest BCUT2D eigenvalue weighted by Crippen LogP contribution is 2.23. The molecule has 154 valence electrons. The first-order chi connectivity index (χ1) is 14.6. The minimum atomic E-state index is -0.483. The van der Waals surface area contributed by atoms with Gasteiger partial charge in [-0.1, -0.05) is 36.6 Å². The molecule has 3 aromatic rings. The molecule has 0 radical (unpaired) electrons. The van der Waals surface area contributed by atoms with Crippen LogP contribution in [0.3, 0.4) is 0 Å². The van der Waals surface area contributed by atoms with Crippen molar-refractivity contribution < 1.29 is 9.18 Å². The minimum absolute atomic E-state index is 0.0730. The number of benzene rings is 2. The van der Waals surface area contributed by atoms with Crippen LogP contribution in [-0.2, 0) is 0 Å². The average molecular weight is 425 g/mol. The molecule has 1 N–H and O–H groups in total. The Bertz CT molecular complexity index is 1020. The summed E-state index contributed by atoms with van der Waals surface area (Å²) in [4.78, 5) is 14.7. The van der Waals surface area contributed by atoms with Crippen molar-refractivity contribution in [2.24, 2.45) is 0 Å². The second-order valence-electron chi connectivity index (χ2n) is 7.33. The van der Waals surface area contributed by atoms with E-state index in [1.807, 2.05) is 24.3 Å². The molecule has 2 heterocycles. The molecule has 0 saturated carbocycles. The van der Waals surface area contributed by atoms with Crippen molar-refractivity contribution in [3.05, 3.63) is 71.0 Å². The third-order valence-corrected chi connectivity index (χ3v) is 5.51. The number of nitrogens with zero attached hydrogens (tertiary/aromatic N) is 3. The third kappa shape index (κ3) is 4.76. The van der Waals surface area contributed by atoms with E-state index in [2.05, 4.69) is 20.4 Å². The van der Waals surface area contributed by atoms with Gasteiger partial charge >= 0.3 is 0 Å². The Kier molecular flexibility index (Phi) is 6.23. The van der Waals surface area contributed by atoms with Crippen LogP contribution in [-0.4, -0.2) is 29.2 Å². The van der Waals surface area contributed by atoms with Crippen LogP contribution >= 0.6 is 11.6 Å². The lowest BCUT2D eigenvalue weighted by atomic mass is 10.1. The van der Waals surface area contributed by atoms with Gasteiger partial charge in [-0.3, -0.25) is 4.79 Å². The van der Waals surface area contributed by atoms with Gasteiger partial charge in [0.2, 0.25) is 0 Å². The summed E-state index contributed by atoms with van der Waals surface area (Å²) < 4.78 is 13.2. The molecule has 1 amide bonds. The first-order valence-corrected chi connectivity index (χ1v) is 10.4. The fourth-order valence-corrected chi connectivity index (χ4v) is 3.80. The summed E-state index contributed by atoms with van der Waals surface area (Å²) in [5, 5.41) is 11.6. The Balaban J connectivity index is 1.43. The van der Waals surface area contributed by atoms with Crippen LogP contribution in [0.5, 0.6) is 0 Å². The lowest BCUT2D eigenvalue weighted by molar-refractivity contribution is 0.102. The molecule has 1 fully saturated rings. The van der Waals surface area contributed by atoms with E-state index in [0.29, 0.717) is 5.69 Å². The summed E-state index contributed by atoms with van der Waals surface area (Å²) in [5.74, 6) is 0.0407. The van der Waals surface area contributed by atoms with Gasteiger partial charge in [0.25, 0.3) is 5.91 Å². The Morgan fingerprint density at radius 3 is 2.30 bits per heavy atom. The molecule has 0 bridgehead atoms. The highest BCUT2D eigenvalue weighted by molar-refractivity contribution is 6.34. The van der Waals surface area contributed by atoms with Crippen LogP contribution in [0.2, 0.25) is 5.02 Å². The summed E-state index contributed by atoms with van der Waals surface area (Å²) in [6.07, 6.45) is 4.94. The second kappa shape index (κ2) is 9.22. The number of anilines is 2. The lowest BCUT2D eigenvalue weighted by Gasteiger charge is -2.20. The predicted molar refractivity (Wildman–Crippen MR) is 118 cm³/mol. The van der Waals surface area contributed by atoms with Gasteiger partial charge in [-0.25, -0.2) is 4.39 Å². The van der Waals surface area contributed by atoms with Gasteiger partial charge in [-0.15, -0.1) is 10.2 Å². The molecular formula is C23H22ClFN4O. The molecule has 0 aliphatic carbocycles. The molecule has 30 heavy (non-hydrogen) atoms. The van der Waals surface area contributed by atoms with E-state index in [9.17, 15) is 9.18 Å². The molecule has 1 saturated heterocycles. The Labute approximate surface area is 179 Å². The quantitative estimate of drug-likeness (QED) is 0.594. The molecular weight excluding hydrogens is 403 g/mol. The molecule has 0 atom stereocenters. The summed E-state index contributed by atoms with van der Waals surface area (Å²) >= 11 is 5.95. The standard InChI is InChI=1S/C23H22ClFN4O/c24-20-15-17(25)7-10-19(20)23(30)26-18-8-5-16(6-9-18)21-11-12-22(28-27-21)29-13-3-1-2-4-14-29/h5-12,15H,1-4,13-14H2,(H,26,30).